The van der Waals surface area contributed by atoms with Crippen LogP contribution in [-0.2, 0) is 32.5 Å². The van der Waals surface area contributed by atoms with Crippen LogP contribution in [0, 0.1) is 0 Å². The Balaban J connectivity index is 0.590. The average Bonchev–Trinajstić information content (AvgIpc) is 1.65. The van der Waals surface area contributed by atoms with Crippen molar-refractivity contribution in [1.82, 2.24) is 0 Å². The minimum Gasteiger partial charge on any atom is -0.310 e. The Bertz CT molecular complexity index is 5630. The van der Waals surface area contributed by atoms with Gasteiger partial charge >= 0.3 is 0 Å². The van der Waals surface area contributed by atoms with E-state index in [9.17, 15) is 0 Å². The topological polar surface area (TPSA) is 6.48 Å². The van der Waals surface area contributed by atoms with Crippen LogP contribution in [0.25, 0.3) is 102 Å². The molecule has 6 aliphatic rings. The van der Waals surface area contributed by atoms with Crippen molar-refractivity contribution in [3.8, 4) is 66.8 Å². The van der Waals surface area contributed by atoms with Crippen molar-refractivity contribution in [1.29, 1.82) is 0 Å². The summed E-state index contributed by atoms with van der Waals surface area (Å²) in [6, 6.07) is 107. The SMILES string of the molecule is CC1(C)c2ccccc2-c2ccc(N(c3ccc4c(c3)C(C)(C)c3ccccc3-4)c3ccc4c(c3)C(C)(C)c3cc(C=Cc5cccc6c(C=Cc7ccc8c(c7)C(C)(C)c7cc(N(c9ccc%10c(c9)C(C)(C)c9ccccc9-%10)c9ccc%10c(c9)C(C)(C)c9ccccc9-%10)ccc7-8)cccc56)ccc3-4)cc21. The van der Waals surface area contributed by atoms with E-state index in [0.717, 1.165) is 11.4 Å². The molecule has 0 radical (unpaired) electrons. The zero-order valence-corrected chi connectivity index (χ0v) is 62.8. The fraction of sp³-hybridized carbons (Fsp3) is 0.173. The van der Waals surface area contributed by atoms with Crippen LogP contribution < -0.4 is 9.80 Å². The summed E-state index contributed by atoms with van der Waals surface area (Å²) in [5, 5.41) is 2.47. The summed E-state index contributed by atoms with van der Waals surface area (Å²) in [6.07, 6.45) is 9.26. The lowest BCUT2D eigenvalue weighted by Gasteiger charge is -2.31. The fourth-order valence-electron chi connectivity index (χ4n) is 20.2. The highest BCUT2D eigenvalue weighted by atomic mass is 15.1. The molecule has 0 heterocycles. The van der Waals surface area contributed by atoms with Crippen molar-refractivity contribution in [2.24, 2.45) is 0 Å². The third-order valence-electron chi connectivity index (χ3n) is 26.1. The molecule has 0 spiro atoms. The van der Waals surface area contributed by atoms with Crippen LogP contribution in [0.2, 0.25) is 0 Å². The van der Waals surface area contributed by atoms with Gasteiger partial charge in [-0.1, -0.05) is 314 Å². The van der Waals surface area contributed by atoms with Crippen LogP contribution in [-0.4, -0.2) is 0 Å². The second-order valence-electron chi connectivity index (χ2n) is 34.0. The van der Waals surface area contributed by atoms with Gasteiger partial charge in [-0.25, -0.2) is 0 Å². The number of benzene rings is 14. The highest BCUT2D eigenvalue weighted by molar-refractivity contribution is 6.00. The van der Waals surface area contributed by atoms with E-state index >= 15 is 0 Å². The summed E-state index contributed by atoms with van der Waals surface area (Å²) in [7, 11) is 0. The normalized spacial score (nSPS) is 16.3. The summed E-state index contributed by atoms with van der Waals surface area (Å²) in [6.45, 7) is 28.8. The zero-order chi connectivity index (χ0) is 72.3. The summed E-state index contributed by atoms with van der Waals surface area (Å²) in [5.41, 5.74) is 43.1. The Kier molecular flexibility index (Phi) is 13.6. The lowest BCUT2D eigenvalue weighted by Crippen LogP contribution is -2.19. The van der Waals surface area contributed by atoms with E-state index in [2.05, 4.69) is 396 Å². The molecular weight excluding hydrogens is 1280 g/mol. The minimum absolute atomic E-state index is 0.136. The minimum atomic E-state index is -0.255. The maximum atomic E-state index is 2.53. The van der Waals surface area contributed by atoms with Crippen LogP contribution in [0.4, 0.5) is 34.1 Å². The molecule has 0 aliphatic heterocycles. The molecule has 6 aliphatic carbocycles. The smallest absolute Gasteiger partial charge is 0.0465 e. The Labute approximate surface area is 625 Å². The molecule has 0 fully saturated rings. The van der Waals surface area contributed by atoms with Crippen LogP contribution in [0.3, 0.4) is 0 Å². The molecule has 512 valence electrons. The molecule has 2 nitrogen and oxygen atoms in total. The largest absolute Gasteiger partial charge is 0.310 e. The van der Waals surface area contributed by atoms with Gasteiger partial charge in [-0.15, -0.1) is 0 Å². The molecule has 14 aromatic rings. The molecule has 0 aromatic heterocycles. The average molecular weight is 1360 g/mol. The molecule has 0 saturated carbocycles. The third kappa shape index (κ3) is 9.16. The van der Waals surface area contributed by atoms with Crippen molar-refractivity contribution < 1.29 is 0 Å². The van der Waals surface area contributed by atoms with Gasteiger partial charge in [0.25, 0.3) is 0 Å². The van der Waals surface area contributed by atoms with Gasteiger partial charge in [0.05, 0.1) is 0 Å². The molecular formula is C104H86N2. The summed E-state index contributed by atoms with van der Waals surface area (Å²) in [5.74, 6) is 0. The Morgan fingerprint density at radius 1 is 0.179 bits per heavy atom. The lowest BCUT2D eigenvalue weighted by molar-refractivity contribution is 0.659. The molecule has 0 unspecified atom stereocenters. The molecule has 106 heavy (non-hydrogen) atoms. The maximum Gasteiger partial charge on any atom is 0.0465 e. The van der Waals surface area contributed by atoms with Crippen molar-refractivity contribution in [2.75, 3.05) is 9.80 Å². The number of fused-ring (bicyclic) bond motifs is 19. The van der Waals surface area contributed by atoms with Crippen molar-refractivity contribution in [3.63, 3.8) is 0 Å². The number of anilines is 6. The second-order valence-corrected chi connectivity index (χ2v) is 34.0. The van der Waals surface area contributed by atoms with Gasteiger partial charge in [-0.05, 0) is 239 Å². The monoisotopic (exact) mass is 1360 g/mol. The predicted octanol–water partition coefficient (Wildman–Crippen LogP) is 28.0. The molecule has 0 amide bonds. The van der Waals surface area contributed by atoms with Gasteiger partial charge in [-0.2, -0.15) is 0 Å². The first-order valence-corrected chi connectivity index (χ1v) is 38.1. The van der Waals surface area contributed by atoms with Gasteiger partial charge in [0.15, 0.2) is 0 Å². The molecule has 2 heteroatoms. The molecule has 20 rings (SSSR count). The van der Waals surface area contributed by atoms with Gasteiger partial charge in [-0.3, -0.25) is 0 Å². The zero-order valence-electron chi connectivity index (χ0n) is 62.8. The predicted molar refractivity (Wildman–Crippen MR) is 449 cm³/mol. The van der Waals surface area contributed by atoms with E-state index in [1.807, 2.05) is 0 Å². The Morgan fingerprint density at radius 2 is 0.387 bits per heavy atom. The van der Waals surface area contributed by atoms with Gasteiger partial charge in [0, 0.05) is 66.6 Å². The van der Waals surface area contributed by atoms with Gasteiger partial charge in [0.1, 0.15) is 0 Å². The van der Waals surface area contributed by atoms with Crippen LogP contribution >= 0.6 is 0 Å². The van der Waals surface area contributed by atoms with E-state index in [0.29, 0.717) is 0 Å². The van der Waals surface area contributed by atoms with Crippen LogP contribution in [0.5, 0.6) is 0 Å². The van der Waals surface area contributed by atoms with Gasteiger partial charge in [0.2, 0.25) is 0 Å². The molecule has 0 N–H and O–H groups in total. The summed E-state index contributed by atoms with van der Waals surface area (Å²) in [4.78, 5) is 5.05. The van der Waals surface area contributed by atoms with Gasteiger partial charge < -0.3 is 9.80 Å². The number of rotatable bonds is 10. The van der Waals surface area contributed by atoms with E-state index in [-0.39, 0.29) is 32.5 Å². The maximum absolute atomic E-state index is 2.53. The Morgan fingerprint density at radius 3 is 0.642 bits per heavy atom. The van der Waals surface area contributed by atoms with E-state index in [1.165, 1.54) is 189 Å². The molecule has 14 aromatic carbocycles. The van der Waals surface area contributed by atoms with Crippen LogP contribution in [0.15, 0.2) is 279 Å². The van der Waals surface area contributed by atoms with E-state index < -0.39 is 0 Å². The summed E-state index contributed by atoms with van der Waals surface area (Å²) < 4.78 is 0. The lowest BCUT2D eigenvalue weighted by atomic mass is 9.81. The fourth-order valence-corrected chi connectivity index (χ4v) is 20.2. The van der Waals surface area contributed by atoms with E-state index in [4.69, 9.17) is 0 Å². The summed E-state index contributed by atoms with van der Waals surface area (Å²) >= 11 is 0. The molecule has 0 bridgehead atoms. The Hall–Kier alpha value is -11.6. The standard InChI is InChI=1S/C104H86N2/c1-99(2)87-31-17-13-25-75(87)81-49-41-67(57-93(81)99)105(68-42-50-82-76-26-14-18-32-88(76)100(3,4)94(82)58-68)71-45-53-85-79-47-37-63(55-91(79)103(9,10)97(85)61-71)35-39-65-23-21-30-74-66(24-22-29-73(65)74)40-36-64-38-48-80-86-54-46-72(62-98(86)104(11,12)92(80)56-64)106(69-43-51-83-77-27-15-19-33-89(77)101(5,6)95(83)59-69)70-44-52-84-78-28-16-20-34-90(78)102(7,8)96(84)60-70/h13-62H,1-12H3. The van der Waals surface area contributed by atoms with Crippen LogP contribution in [0.1, 0.15) is 172 Å². The van der Waals surface area contributed by atoms with Crippen molar-refractivity contribution in [2.45, 2.75) is 116 Å². The molecule has 0 saturated heterocycles. The van der Waals surface area contributed by atoms with Crippen molar-refractivity contribution >= 4 is 69.2 Å². The first kappa shape index (κ1) is 64.1. The quantitative estimate of drug-likeness (QED) is 0.126. The number of hydrogen-bond donors (Lipinski definition) is 0. The van der Waals surface area contributed by atoms with E-state index in [1.54, 1.807) is 0 Å². The highest BCUT2D eigenvalue weighted by Crippen LogP contribution is 2.59. The van der Waals surface area contributed by atoms with Crippen molar-refractivity contribution in [3.05, 3.63) is 368 Å². The second kappa shape index (κ2) is 22.5. The number of hydrogen-bond acceptors (Lipinski definition) is 2. The third-order valence-corrected chi connectivity index (χ3v) is 26.1. The first-order valence-electron chi connectivity index (χ1n) is 38.1. The highest BCUT2D eigenvalue weighted by Gasteiger charge is 2.43. The first-order chi connectivity index (χ1) is 51.1. The molecule has 0 atom stereocenters. The number of nitrogens with zero attached hydrogens (tertiary/aromatic N) is 2.